The van der Waals surface area contributed by atoms with Crippen molar-refractivity contribution in [2.75, 3.05) is 13.2 Å². The molecular formula is C15H22N2O3. The minimum absolute atomic E-state index is 0.00568. The summed E-state index contributed by atoms with van der Waals surface area (Å²) in [5, 5.41) is 2.92. The van der Waals surface area contributed by atoms with E-state index in [9.17, 15) is 4.79 Å². The number of nitrogens with two attached hydrogens (primary N) is 1. The summed E-state index contributed by atoms with van der Waals surface area (Å²) in [4.78, 5) is 11.8. The second kappa shape index (κ2) is 5.71. The zero-order chi connectivity index (χ0) is 14.8. The molecule has 5 nitrogen and oxygen atoms in total. The van der Waals surface area contributed by atoms with Gasteiger partial charge in [0.1, 0.15) is 18.1 Å². The smallest absolute Gasteiger partial charge is 0.258 e. The molecule has 0 aliphatic carbocycles. The highest BCUT2D eigenvalue weighted by atomic mass is 16.5. The molecule has 1 aromatic rings. The molecule has 1 aliphatic heterocycles. The van der Waals surface area contributed by atoms with Crippen molar-refractivity contribution in [1.29, 1.82) is 0 Å². The van der Waals surface area contributed by atoms with Crippen molar-refractivity contribution < 1.29 is 14.3 Å². The van der Waals surface area contributed by atoms with Gasteiger partial charge in [-0.3, -0.25) is 4.79 Å². The van der Waals surface area contributed by atoms with E-state index in [2.05, 4.69) is 5.32 Å². The molecule has 0 spiro atoms. The van der Waals surface area contributed by atoms with Crippen LogP contribution in [0.4, 0.5) is 0 Å². The molecule has 0 aromatic heterocycles. The number of carbonyl (C=O) groups is 1. The lowest BCUT2D eigenvalue weighted by molar-refractivity contribution is -0.124. The van der Waals surface area contributed by atoms with Gasteiger partial charge >= 0.3 is 0 Å². The zero-order valence-electron chi connectivity index (χ0n) is 12.2. The van der Waals surface area contributed by atoms with E-state index in [1.54, 1.807) is 6.07 Å². The van der Waals surface area contributed by atoms with Crippen LogP contribution >= 0.6 is 0 Å². The summed E-state index contributed by atoms with van der Waals surface area (Å²) in [6.07, 6.45) is 0.864. The highest BCUT2D eigenvalue weighted by Gasteiger charge is 2.21. The molecule has 1 unspecified atom stereocenters. The SMILES string of the molecule is CCC(C)(C)NC(=O)COc1ccc2c(c1)OCC2N. The van der Waals surface area contributed by atoms with E-state index in [0.717, 1.165) is 17.7 Å². The Hall–Kier alpha value is -1.75. The topological polar surface area (TPSA) is 73.6 Å². The maximum atomic E-state index is 11.8. The van der Waals surface area contributed by atoms with Crippen LogP contribution in [0, 0.1) is 0 Å². The molecule has 110 valence electrons. The van der Waals surface area contributed by atoms with Gasteiger partial charge in [-0.15, -0.1) is 0 Å². The lowest BCUT2D eigenvalue weighted by Gasteiger charge is -2.24. The van der Waals surface area contributed by atoms with E-state index < -0.39 is 0 Å². The van der Waals surface area contributed by atoms with Crippen LogP contribution in [0.3, 0.4) is 0 Å². The van der Waals surface area contributed by atoms with Crippen LogP contribution in [-0.4, -0.2) is 24.7 Å². The number of hydrogen-bond donors (Lipinski definition) is 2. The molecular weight excluding hydrogens is 256 g/mol. The van der Waals surface area contributed by atoms with Crippen LogP contribution in [0.15, 0.2) is 18.2 Å². The van der Waals surface area contributed by atoms with E-state index in [1.165, 1.54) is 0 Å². The van der Waals surface area contributed by atoms with Crippen LogP contribution in [0.5, 0.6) is 11.5 Å². The quantitative estimate of drug-likeness (QED) is 0.860. The van der Waals surface area contributed by atoms with Gasteiger partial charge in [0.2, 0.25) is 0 Å². The Morgan fingerprint density at radius 3 is 3.00 bits per heavy atom. The number of carbonyl (C=O) groups excluding carboxylic acids is 1. The minimum Gasteiger partial charge on any atom is -0.491 e. The van der Waals surface area contributed by atoms with E-state index in [1.807, 2.05) is 32.9 Å². The van der Waals surface area contributed by atoms with Crippen molar-refractivity contribution in [3.05, 3.63) is 23.8 Å². The van der Waals surface area contributed by atoms with Gasteiger partial charge in [0.15, 0.2) is 6.61 Å². The first kappa shape index (κ1) is 14.7. The number of rotatable bonds is 5. The van der Waals surface area contributed by atoms with Crippen molar-refractivity contribution in [3.63, 3.8) is 0 Å². The third kappa shape index (κ3) is 3.42. The third-order valence-corrected chi connectivity index (χ3v) is 3.53. The molecule has 0 bridgehead atoms. The van der Waals surface area contributed by atoms with Crippen molar-refractivity contribution in [2.24, 2.45) is 5.73 Å². The molecule has 3 N–H and O–H groups in total. The Labute approximate surface area is 119 Å². The van der Waals surface area contributed by atoms with Crippen molar-refractivity contribution >= 4 is 5.91 Å². The first-order valence-corrected chi connectivity index (χ1v) is 6.87. The number of nitrogens with one attached hydrogen (secondary N) is 1. The summed E-state index contributed by atoms with van der Waals surface area (Å²) in [6.45, 7) is 6.48. The molecule has 0 saturated heterocycles. The normalized spacial score (nSPS) is 17.3. The van der Waals surface area contributed by atoms with Gasteiger partial charge in [0.25, 0.3) is 5.91 Å². The fraction of sp³-hybridized carbons (Fsp3) is 0.533. The standard InChI is InChI=1S/C15H22N2O3/c1-4-15(2,3)17-14(18)9-19-10-5-6-11-12(16)8-20-13(11)7-10/h5-7,12H,4,8-9,16H2,1-3H3,(H,17,18). The fourth-order valence-corrected chi connectivity index (χ4v) is 1.96. The molecule has 20 heavy (non-hydrogen) atoms. The summed E-state index contributed by atoms with van der Waals surface area (Å²) in [5.74, 6) is 1.22. The van der Waals surface area contributed by atoms with Gasteiger partial charge < -0.3 is 20.5 Å². The van der Waals surface area contributed by atoms with Gasteiger partial charge in [-0.1, -0.05) is 6.92 Å². The average molecular weight is 278 g/mol. The first-order chi connectivity index (χ1) is 9.41. The molecule has 1 amide bonds. The van der Waals surface area contributed by atoms with Crippen LogP contribution < -0.4 is 20.5 Å². The Balaban J connectivity index is 1.90. The Bertz CT molecular complexity index is 500. The second-order valence-electron chi connectivity index (χ2n) is 5.69. The van der Waals surface area contributed by atoms with E-state index in [4.69, 9.17) is 15.2 Å². The number of benzene rings is 1. The summed E-state index contributed by atoms with van der Waals surface area (Å²) >= 11 is 0. The summed E-state index contributed by atoms with van der Waals surface area (Å²) in [5.41, 5.74) is 6.64. The van der Waals surface area contributed by atoms with Gasteiger partial charge in [-0.05, 0) is 32.4 Å². The lowest BCUT2D eigenvalue weighted by Crippen LogP contribution is -2.44. The van der Waals surface area contributed by atoms with E-state index in [0.29, 0.717) is 12.4 Å². The number of amides is 1. The van der Waals surface area contributed by atoms with Crippen LogP contribution in [0.2, 0.25) is 0 Å². The summed E-state index contributed by atoms with van der Waals surface area (Å²) in [6, 6.07) is 5.40. The predicted molar refractivity (Wildman–Crippen MR) is 76.9 cm³/mol. The molecule has 1 atom stereocenters. The van der Waals surface area contributed by atoms with Gasteiger partial charge in [-0.2, -0.15) is 0 Å². The molecule has 0 fully saturated rings. The van der Waals surface area contributed by atoms with Gasteiger partial charge in [0.05, 0.1) is 6.04 Å². The second-order valence-corrected chi connectivity index (χ2v) is 5.69. The highest BCUT2D eigenvalue weighted by Crippen LogP contribution is 2.33. The maximum absolute atomic E-state index is 11.8. The monoisotopic (exact) mass is 278 g/mol. The Morgan fingerprint density at radius 2 is 2.30 bits per heavy atom. The minimum atomic E-state index is -0.214. The Kier molecular flexibility index (Phi) is 4.18. The van der Waals surface area contributed by atoms with Crippen LogP contribution in [0.1, 0.15) is 38.8 Å². The van der Waals surface area contributed by atoms with Gasteiger partial charge in [-0.25, -0.2) is 0 Å². The van der Waals surface area contributed by atoms with Crippen molar-refractivity contribution in [2.45, 2.75) is 38.8 Å². The van der Waals surface area contributed by atoms with Crippen LogP contribution in [0.25, 0.3) is 0 Å². The lowest BCUT2D eigenvalue weighted by atomic mass is 10.0. The fourth-order valence-electron chi connectivity index (χ4n) is 1.96. The average Bonchev–Trinajstić information content (AvgIpc) is 2.77. The summed E-state index contributed by atoms with van der Waals surface area (Å²) < 4.78 is 10.9. The molecule has 0 radical (unpaired) electrons. The number of fused-ring (bicyclic) bond motifs is 1. The summed E-state index contributed by atoms with van der Waals surface area (Å²) in [7, 11) is 0. The van der Waals surface area contributed by atoms with Crippen molar-refractivity contribution in [1.82, 2.24) is 5.32 Å². The number of ether oxygens (including phenoxy) is 2. The van der Waals surface area contributed by atoms with Crippen LogP contribution in [-0.2, 0) is 4.79 Å². The number of hydrogen-bond acceptors (Lipinski definition) is 4. The zero-order valence-corrected chi connectivity index (χ0v) is 12.2. The van der Waals surface area contributed by atoms with E-state index >= 15 is 0 Å². The maximum Gasteiger partial charge on any atom is 0.258 e. The Morgan fingerprint density at radius 1 is 1.55 bits per heavy atom. The molecule has 1 aromatic carbocycles. The van der Waals surface area contributed by atoms with Crippen molar-refractivity contribution in [3.8, 4) is 11.5 Å². The largest absolute Gasteiger partial charge is 0.491 e. The molecule has 1 heterocycles. The molecule has 1 aliphatic rings. The third-order valence-electron chi connectivity index (χ3n) is 3.53. The first-order valence-electron chi connectivity index (χ1n) is 6.87. The molecule has 2 rings (SSSR count). The molecule has 5 heteroatoms. The predicted octanol–water partition coefficient (Wildman–Crippen LogP) is 1.76. The highest BCUT2D eigenvalue weighted by molar-refractivity contribution is 5.78. The van der Waals surface area contributed by atoms with E-state index in [-0.39, 0.29) is 24.1 Å². The molecule has 0 saturated carbocycles. The van der Waals surface area contributed by atoms with Gasteiger partial charge in [0, 0.05) is 17.2 Å².